The zero-order valence-electron chi connectivity index (χ0n) is 11.3. The number of benzene rings is 1. The fraction of sp³-hybridized carbons (Fsp3) is 0.154. The number of carboxylic acid groups (broad SMARTS) is 1. The third kappa shape index (κ3) is 2.91. The Labute approximate surface area is 133 Å². The summed E-state index contributed by atoms with van der Waals surface area (Å²) in [6.45, 7) is 1.59. The van der Waals surface area contributed by atoms with Crippen LogP contribution < -0.4 is 10.6 Å². The van der Waals surface area contributed by atoms with Crippen LogP contribution in [-0.4, -0.2) is 28.4 Å². The Morgan fingerprint density at radius 1 is 1.43 bits per heavy atom. The molecule has 1 heterocycles. The first-order chi connectivity index (χ1) is 9.82. The highest BCUT2D eigenvalue weighted by atomic mass is 79.9. The number of carbonyl (C=O) groups excluding carboxylic acids is 1. The van der Waals surface area contributed by atoms with E-state index in [0.717, 1.165) is 16.0 Å². The second kappa shape index (κ2) is 5.82. The topological polar surface area (TPSA) is 96.5 Å². The van der Waals surface area contributed by atoms with E-state index in [2.05, 4.69) is 20.3 Å². The van der Waals surface area contributed by atoms with E-state index in [1.807, 2.05) is 0 Å². The van der Waals surface area contributed by atoms with Crippen LogP contribution in [0.3, 0.4) is 0 Å². The minimum Gasteiger partial charge on any atom is -0.478 e. The molecule has 110 valence electrons. The van der Waals surface area contributed by atoms with Crippen LogP contribution in [-0.2, 0) is 0 Å². The lowest BCUT2D eigenvalue weighted by atomic mass is 10.1. The van der Waals surface area contributed by atoms with Gasteiger partial charge in [0.1, 0.15) is 10.6 Å². The Morgan fingerprint density at radius 2 is 2.10 bits per heavy atom. The predicted octanol–water partition coefficient (Wildman–Crippen LogP) is 2.77. The molecule has 6 nitrogen and oxygen atoms in total. The first kappa shape index (κ1) is 15.5. The van der Waals surface area contributed by atoms with Crippen molar-refractivity contribution in [2.24, 2.45) is 0 Å². The average Bonchev–Trinajstić information content (AvgIpc) is 2.79. The van der Waals surface area contributed by atoms with Crippen LogP contribution >= 0.6 is 27.5 Å². The van der Waals surface area contributed by atoms with Gasteiger partial charge in [-0.25, -0.2) is 4.79 Å². The van der Waals surface area contributed by atoms with Gasteiger partial charge in [-0.3, -0.25) is 4.79 Å². The maximum atomic E-state index is 12.5. The molecule has 0 aliphatic heterocycles. The number of hydrogen-bond acceptors (Lipinski definition) is 5. The molecule has 21 heavy (non-hydrogen) atoms. The number of nitrogen functional groups attached to an aromatic ring is 1. The highest BCUT2D eigenvalue weighted by Gasteiger charge is 2.25. The highest BCUT2D eigenvalue weighted by molar-refractivity contribution is 9.10. The van der Waals surface area contributed by atoms with Crippen molar-refractivity contribution >= 4 is 50.0 Å². The Kier molecular flexibility index (Phi) is 4.29. The van der Waals surface area contributed by atoms with Gasteiger partial charge in [0.25, 0.3) is 5.91 Å². The number of amides is 1. The van der Waals surface area contributed by atoms with E-state index < -0.39 is 5.97 Å². The van der Waals surface area contributed by atoms with Gasteiger partial charge in [0, 0.05) is 17.2 Å². The Hall–Kier alpha value is -1.93. The largest absolute Gasteiger partial charge is 0.478 e. The lowest BCUT2D eigenvalue weighted by molar-refractivity contribution is 0.0697. The van der Waals surface area contributed by atoms with Crippen LogP contribution in [0.15, 0.2) is 22.7 Å². The number of anilines is 2. The fourth-order valence-corrected chi connectivity index (χ4v) is 3.06. The molecule has 1 aromatic heterocycles. The molecule has 0 saturated carbocycles. The molecule has 0 radical (unpaired) electrons. The van der Waals surface area contributed by atoms with Gasteiger partial charge in [0.05, 0.1) is 11.3 Å². The minimum absolute atomic E-state index is 0.0338. The predicted molar refractivity (Wildman–Crippen MR) is 85.1 cm³/mol. The van der Waals surface area contributed by atoms with Crippen molar-refractivity contribution in [3.63, 3.8) is 0 Å². The van der Waals surface area contributed by atoms with Gasteiger partial charge < -0.3 is 15.7 Å². The summed E-state index contributed by atoms with van der Waals surface area (Å²) in [5, 5.41) is 9.51. The SMILES string of the molecule is Cc1nsc(N(C)C(=O)c2ccc(Br)cc2N)c1C(=O)O. The molecule has 0 aliphatic carbocycles. The molecule has 2 rings (SSSR count). The minimum atomic E-state index is -1.11. The third-order valence-corrected chi connectivity index (χ3v) is 4.42. The number of aromatic carboxylic acids is 1. The van der Waals surface area contributed by atoms with Gasteiger partial charge in [0.2, 0.25) is 0 Å². The molecule has 1 aromatic carbocycles. The Balaban J connectivity index is 2.42. The normalized spacial score (nSPS) is 10.4. The molecule has 0 bridgehead atoms. The van der Waals surface area contributed by atoms with Crippen LogP contribution in [0.1, 0.15) is 26.4 Å². The lowest BCUT2D eigenvalue weighted by Gasteiger charge is -2.17. The molecule has 1 amide bonds. The summed E-state index contributed by atoms with van der Waals surface area (Å²) in [6.07, 6.45) is 0. The van der Waals surface area contributed by atoms with Crippen LogP contribution in [0.2, 0.25) is 0 Å². The van der Waals surface area contributed by atoms with Crippen molar-refractivity contribution in [2.75, 3.05) is 17.7 Å². The number of aryl methyl sites for hydroxylation is 1. The summed E-state index contributed by atoms with van der Waals surface area (Å²) in [5.74, 6) is -1.49. The third-order valence-electron chi connectivity index (χ3n) is 2.91. The zero-order valence-corrected chi connectivity index (χ0v) is 13.7. The molecule has 8 heteroatoms. The molecule has 0 spiro atoms. The van der Waals surface area contributed by atoms with E-state index in [9.17, 15) is 14.7 Å². The molecule has 0 atom stereocenters. The van der Waals surface area contributed by atoms with E-state index in [-0.39, 0.29) is 16.5 Å². The van der Waals surface area contributed by atoms with Crippen molar-refractivity contribution in [2.45, 2.75) is 6.92 Å². The van der Waals surface area contributed by atoms with Gasteiger partial charge >= 0.3 is 5.97 Å². The van der Waals surface area contributed by atoms with Gasteiger partial charge in [-0.1, -0.05) is 15.9 Å². The first-order valence-corrected chi connectivity index (χ1v) is 7.42. The smallest absolute Gasteiger partial charge is 0.340 e. The van der Waals surface area contributed by atoms with Gasteiger partial charge in [-0.2, -0.15) is 4.37 Å². The number of aromatic nitrogens is 1. The van der Waals surface area contributed by atoms with Crippen molar-refractivity contribution < 1.29 is 14.7 Å². The molecular formula is C13H12BrN3O3S. The molecule has 2 aromatic rings. The standard InChI is InChI=1S/C13H12BrN3O3S/c1-6-10(13(19)20)12(21-16-6)17(2)11(18)8-4-3-7(14)5-9(8)15/h3-5H,15H2,1-2H3,(H,19,20). The van der Waals surface area contributed by atoms with E-state index in [4.69, 9.17) is 5.73 Å². The van der Waals surface area contributed by atoms with Crippen molar-refractivity contribution in [3.05, 3.63) is 39.5 Å². The first-order valence-electron chi connectivity index (χ1n) is 5.85. The van der Waals surface area contributed by atoms with Crippen LogP contribution in [0.4, 0.5) is 10.7 Å². The quantitative estimate of drug-likeness (QED) is 0.810. The summed E-state index contributed by atoms with van der Waals surface area (Å²) >= 11 is 4.24. The van der Waals surface area contributed by atoms with Crippen LogP contribution in [0, 0.1) is 6.92 Å². The van der Waals surface area contributed by atoms with Gasteiger partial charge in [0.15, 0.2) is 0 Å². The van der Waals surface area contributed by atoms with Gasteiger partial charge in [-0.15, -0.1) is 0 Å². The molecule has 0 aliphatic rings. The molecular weight excluding hydrogens is 358 g/mol. The number of halogens is 1. The molecule has 0 fully saturated rings. The number of carbonyl (C=O) groups is 2. The summed E-state index contributed by atoms with van der Waals surface area (Å²) in [6, 6.07) is 4.91. The number of nitrogens with zero attached hydrogens (tertiary/aromatic N) is 2. The highest BCUT2D eigenvalue weighted by Crippen LogP contribution is 2.30. The van der Waals surface area contributed by atoms with Gasteiger partial charge in [-0.05, 0) is 36.7 Å². The number of nitrogens with two attached hydrogens (primary N) is 1. The average molecular weight is 370 g/mol. The maximum absolute atomic E-state index is 12.5. The van der Waals surface area contributed by atoms with E-state index in [1.165, 1.54) is 11.9 Å². The lowest BCUT2D eigenvalue weighted by Crippen LogP contribution is -2.27. The van der Waals surface area contributed by atoms with Crippen LogP contribution in [0.5, 0.6) is 0 Å². The molecule has 0 unspecified atom stereocenters. The number of rotatable bonds is 3. The van der Waals surface area contributed by atoms with E-state index >= 15 is 0 Å². The summed E-state index contributed by atoms with van der Waals surface area (Å²) in [5.41, 5.74) is 6.88. The van der Waals surface area contributed by atoms with E-state index in [1.54, 1.807) is 25.1 Å². The number of carboxylic acids is 1. The van der Waals surface area contributed by atoms with Crippen molar-refractivity contribution in [3.8, 4) is 0 Å². The second-order valence-corrected chi connectivity index (χ2v) is 6.02. The Bertz CT molecular complexity index is 729. The Morgan fingerprint density at radius 3 is 2.67 bits per heavy atom. The zero-order chi connectivity index (χ0) is 15.7. The molecule has 0 saturated heterocycles. The number of hydrogen-bond donors (Lipinski definition) is 2. The van der Waals surface area contributed by atoms with E-state index in [0.29, 0.717) is 16.9 Å². The maximum Gasteiger partial charge on any atom is 0.340 e. The summed E-state index contributed by atoms with van der Waals surface area (Å²) in [7, 11) is 1.50. The second-order valence-electron chi connectivity index (χ2n) is 4.35. The molecule has 3 N–H and O–H groups in total. The van der Waals surface area contributed by atoms with Crippen molar-refractivity contribution in [1.82, 2.24) is 4.37 Å². The summed E-state index contributed by atoms with van der Waals surface area (Å²) < 4.78 is 4.76. The van der Waals surface area contributed by atoms with Crippen molar-refractivity contribution in [1.29, 1.82) is 0 Å². The monoisotopic (exact) mass is 369 g/mol. The van der Waals surface area contributed by atoms with Crippen LogP contribution in [0.25, 0.3) is 0 Å². The summed E-state index contributed by atoms with van der Waals surface area (Å²) in [4.78, 5) is 25.0. The fourth-order valence-electron chi connectivity index (χ4n) is 1.83.